The highest BCUT2D eigenvalue weighted by atomic mass is 19.4. The monoisotopic (exact) mass is 297 g/mol. The maximum absolute atomic E-state index is 13.0. The maximum Gasteiger partial charge on any atom is 0.399 e. The van der Waals surface area contributed by atoms with Gasteiger partial charge >= 0.3 is 6.18 Å². The van der Waals surface area contributed by atoms with E-state index in [1.165, 1.54) is 30.3 Å². The largest absolute Gasteiger partial charge is 0.490 e. The first-order valence-electron chi connectivity index (χ1n) is 6.33. The number of hydrogen-bond donors (Lipinski definition) is 0. The second kappa shape index (κ2) is 4.72. The van der Waals surface area contributed by atoms with Crippen molar-refractivity contribution in [2.24, 2.45) is 0 Å². The Bertz CT molecular complexity index is 679. The Morgan fingerprint density at radius 3 is 2.48 bits per heavy atom. The fraction of sp³-hybridized carbons (Fsp3) is 0.267. The second-order valence-electron chi connectivity index (χ2n) is 4.94. The number of ether oxygens (including phenoxy) is 1. The van der Waals surface area contributed by atoms with Gasteiger partial charge in [0.2, 0.25) is 0 Å². The number of alkyl halides is 3. The van der Waals surface area contributed by atoms with Crippen molar-refractivity contribution in [3.05, 3.63) is 47.4 Å². The highest BCUT2D eigenvalue weighted by molar-refractivity contribution is 5.70. The van der Waals surface area contributed by atoms with Gasteiger partial charge in [0.1, 0.15) is 29.8 Å². The molecule has 3 rings (SSSR count). The van der Waals surface area contributed by atoms with Gasteiger partial charge in [-0.3, -0.25) is 0 Å². The average Bonchev–Trinajstić information content (AvgIpc) is 2.82. The Kier molecular flexibility index (Phi) is 3.11. The summed E-state index contributed by atoms with van der Waals surface area (Å²) in [6, 6.07) is 6.82. The molecular formula is C15H11F4NO. The molecule has 2 nitrogen and oxygen atoms in total. The molecule has 0 bridgehead atoms. The van der Waals surface area contributed by atoms with Crippen molar-refractivity contribution in [1.29, 1.82) is 0 Å². The zero-order chi connectivity index (χ0) is 15.2. The molecule has 0 unspecified atom stereocenters. The molecule has 0 aliphatic carbocycles. The average molecular weight is 297 g/mol. The molecule has 1 aromatic heterocycles. The highest BCUT2D eigenvalue weighted by Crippen LogP contribution is 2.47. The third-order valence-corrected chi connectivity index (χ3v) is 3.41. The van der Waals surface area contributed by atoms with E-state index in [1.807, 2.05) is 0 Å². The number of aromatic nitrogens is 1. The molecule has 1 aliphatic rings. The van der Waals surface area contributed by atoms with Crippen LogP contribution in [0.1, 0.15) is 17.2 Å². The Morgan fingerprint density at radius 2 is 1.86 bits per heavy atom. The summed E-state index contributed by atoms with van der Waals surface area (Å²) in [5, 5.41) is 0. The lowest BCUT2D eigenvalue weighted by Gasteiger charge is -2.14. The van der Waals surface area contributed by atoms with Gasteiger partial charge in [-0.15, -0.1) is 0 Å². The molecule has 2 aromatic rings. The summed E-state index contributed by atoms with van der Waals surface area (Å²) in [7, 11) is 0. The Labute approximate surface area is 118 Å². The van der Waals surface area contributed by atoms with Crippen LogP contribution >= 0.6 is 0 Å². The van der Waals surface area contributed by atoms with Crippen molar-refractivity contribution in [3.63, 3.8) is 0 Å². The summed E-state index contributed by atoms with van der Waals surface area (Å²) < 4.78 is 57.2. The van der Waals surface area contributed by atoms with Gasteiger partial charge in [0.25, 0.3) is 0 Å². The lowest BCUT2D eigenvalue weighted by atomic mass is 9.98. The molecule has 0 amide bonds. The first-order chi connectivity index (χ1) is 9.86. The first kappa shape index (κ1) is 13.9. The number of benzene rings is 1. The van der Waals surface area contributed by atoms with E-state index >= 15 is 0 Å². The molecule has 1 aromatic carbocycles. The molecule has 0 fully saturated rings. The second-order valence-corrected chi connectivity index (χ2v) is 4.94. The van der Waals surface area contributed by atoms with E-state index in [1.54, 1.807) is 6.92 Å². The maximum atomic E-state index is 13.0. The predicted molar refractivity (Wildman–Crippen MR) is 68.7 cm³/mol. The van der Waals surface area contributed by atoms with Crippen molar-refractivity contribution >= 4 is 0 Å². The topological polar surface area (TPSA) is 22.1 Å². The summed E-state index contributed by atoms with van der Waals surface area (Å²) in [5.41, 5.74) is 1.40. The van der Waals surface area contributed by atoms with Gasteiger partial charge in [-0.2, -0.15) is 13.2 Å². The van der Waals surface area contributed by atoms with Crippen LogP contribution in [-0.4, -0.2) is 17.8 Å². The number of aryl methyl sites for hydroxylation is 1. The van der Waals surface area contributed by atoms with Crippen LogP contribution in [0, 0.1) is 12.7 Å². The zero-order valence-electron chi connectivity index (χ0n) is 11.0. The van der Waals surface area contributed by atoms with Gasteiger partial charge in [-0.25, -0.2) is 9.37 Å². The Balaban J connectivity index is 2.14. The van der Waals surface area contributed by atoms with Crippen molar-refractivity contribution in [2.75, 3.05) is 6.61 Å². The molecular weight excluding hydrogens is 286 g/mol. The van der Waals surface area contributed by atoms with Crippen molar-refractivity contribution in [2.45, 2.75) is 19.0 Å². The molecule has 0 saturated heterocycles. The lowest BCUT2D eigenvalue weighted by Crippen LogP contribution is -2.21. The SMILES string of the molecule is Cc1cc2c(c(-c3ccc(F)cc3)n1)OC[C@H]2C(F)(F)F. The third-order valence-electron chi connectivity index (χ3n) is 3.41. The molecule has 1 aliphatic heterocycles. The molecule has 1 atom stereocenters. The molecule has 0 spiro atoms. The van der Waals surface area contributed by atoms with E-state index < -0.39 is 24.5 Å². The molecule has 2 heterocycles. The van der Waals surface area contributed by atoms with Crippen LogP contribution < -0.4 is 4.74 Å². The molecule has 110 valence electrons. The molecule has 0 radical (unpaired) electrons. The predicted octanol–water partition coefficient (Wildman–Crippen LogP) is 4.23. The van der Waals surface area contributed by atoms with Gasteiger partial charge in [0.05, 0.1) is 0 Å². The number of fused-ring (bicyclic) bond motifs is 1. The smallest absolute Gasteiger partial charge is 0.399 e. The first-order valence-corrected chi connectivity index (χ1v) is 6.33. The number of rotatable bonds is 1. The van der Waals surface area contributed by atoms with Crippen molar-refractivity contribution < 1.29 is 22.3 Å². The van der Waals surface area contributed by atoms with Crippen LogP contribution in [0.3, 0.4) is 0 Å². The summed E-state index contributed by atoms with van der Waals surface area (Å²) in [5.74, 6) is -1.93. The standard InChI is InChI=1S/C15H11F4NO/c1-8-6-11-12(15(17,18)19)7-21-14(11)13(20-8)9-2-4-10(16)5-3-9/h2-6,12H,7H2,1H3/t12-/m1/s1. The molecule has 6 heteroatoms. The van der Waals surface area contributed by atoms with E-state index in [9.17, 15) is 17.6 Å². The van der Waals surface area contributed by atoms with Gasteiger partial charge in [-0.1, -0.05) is 0 Å². The highest BCUT2D eigenvalue weighted by Gasteiger charge is 2.46. The minimum Gasteiger partial charge on any atom is -0.490 e. The number of halogens is 4. The van der Waals surface area contributed by atoms with Crippen LogP contribution in [0.2, 0.25) is 0 Å². The van der Waals surface area contributed by atoms with Gasteiger partial charge < -0.3 is 4.74 Å². The van der Waals surface area contributed by atoms with Gasteiger partial charge in [-0.05, 0) is 37.3 Å². The quantitative estimate of drug-likeness (QED) is 0.735. The van der Waals surface area contributed by atoms with Crippen LogP contribution in [-0.2, 0) is 0 Å². The van der Waals surface area contributed by atoms with Crippen molar-refractivity contribution in [1.82, 2.24) is 4.98 Å². The number of nitrogens with zero attached hydrogens (tertiary/aromatic N) is 1. The number of pyridine rings is 1. The van der Waals surface area contributed by atoms with E-state index in [4.69, 9.17) is 4.74 Å². The van der Waals surface area contributed by atoms with Gasteiger partial charge in [0.15, 0.2) is 0 Å². The van der Waals surface area contributed by atoms with Crippen LogP contribution in [0.5, 0.6) is 5.75 Å². The summed E-state index contributed by atoms with van der Waals surface area (Å²) >= 11 is 0. The summed E-state index contributed by atoms with van der Waals surface area (Å²) in [6.45, 7) is 1.18. The normalized spacial score (nSPS) is 17.5. The van der Waals surface area contributed by atoms with E-state index in [0.717, 1.165) is 0 Å². The van der Waals surface area contributed by atoms with E-state index in [0.29, 0.717) is 17.0 Å². The fourth-order valence-electron chi connectivity index (χ4n) is 2.43. The Morgan fingerprint density at radius 1 is 1.19 bits per heavy atom. The van der Waals surface area contributed by atoms with E-state index in [-0.39, 0.29) is 11.3 Å². The van der Waals surface area contributed by atoms with Crippen molar-refractivity contribution in [3.8, 4) is 17.0 Å². The third kappa shape index (κ3) is 2.46. The minimum atomic E-state index is -4.36. The summed E-state index contributed by atoms with van der Waals surface area (Å²) in [6.07, 6.45) is -4.36. The molecule has 0 N–H and O–H groups in total. The van der Waals surface area contributed by atoms with Gasteiger partial charge in [0, 0.05) is 16.8 Å². The minimum absolute atomic E-state index is 0.0920. The molecule has 21 heavy (non-hydrogen) atoms. The number of hydrogen-bond acceptors (Lipinski definition) is 2. The zero-order valence-corrected chi connectivity index (χ0v) is 11.0. The summed E-state index contributed by atoms with van der Waals surface area (Å²) in [4.78, 5) is 4.25. The van der Waals surface area contributed by atoms with Crippen LogP contribution in [0.25, 0.3) is 11.3 Å². The fourth-order valence-corrected chi connectivity index (χ4v) is 2.43. The van der Waals surface area contributed by atoms with E-state index in [2.05, 4.69) is 4.98 Å². The Hall–Kier alpha value is -2.11. The lowest BCUT2D eigenvalue weighted by molar-refractivity contribution is -0.151. The van der Waals surface area contributed by atoms with Crippen LogP contribution in [0.4, 0.5) is 17.6 Å². The van der Waals surface area contributed by atoms with Crippen LogP contribution in [0.15, 0.2) is 30.3 Å². The molecule has 0 saturated carbocycles.